The van der Waals surface area contributed by atoms with E-state index in [1.807, 2.05) is 0 Å². The molecule has 0 radical (unpaired) electrons. The quantitative estimate of drug-likeness (QED) is 0.798. The average molecular weight is 237 g/mol. The highest BCUT2D eigenvalue weighted by Gasteiger charge is 2.47. The zero-order chi connectivity index (χ0) is 11.9. The first-order valence-corrected chi connectivity index (χ1v) is 7.61. The molecule has 3 aliphatic carbocycles. The van der Waals surface area contributed by atoms with Crippen LogP contribution < -0.4 is 0 Å². The van der Waals surface area contributed by atoms with Crippen LogP contribution in [0.4, 0.5) is 0 Å². The second-order valence-electron chi connectivity index (χ2n) is 6.76. The predicted molar refractivity (Wildman–Crippen MR) is 69.9 cm³/mol. The number of hydrogen-bond acceptors (Lipinski definition) is 2. The monoisotopic (exact) mass is 237 g/mol. The van der Waals surface area contributed by atoms with Crippen molar-refractivity contribution in [3.05, 3.63) is 0 Å². The van der Waals surface area contributed by atoms with Gasteiger partial charge in [0.25, 0.3) is 0 Å². The fourth-order valence-corrected chi connectivity index (χ4v) is 4.56. The smallest absolute Gasteiger partial charge is 0.0555 e. The van der Waals surface area contributed by atoms with Crippen molar-refractivity contribution in [1.29, 1.82) is 0 Å². The SMILES string of the molecule is CN(C1CCC1)C1CC(O)CCC12CCCC2. The maximum absolute atomic E-state index is 10.0. The van der Waals surface area contributed by atoms with Gasteiger partial charge in [-0.3, -0.25) is 4.90 Å². The van der Waals surface area contributed by atoms with Gasteiger partial charge in [-0.05, 0) is 57.4 Å². The van der Waals surface area contributed by atoms with Crippen molar-refractivity contribution in [2.24, 2.45) is 5.41 Å². The fraction of sp³-hybridized carbons (Fsp3) is 1.00. The first kappa shape index (κ1) is 12.0. The summed E-state index contributed by atoms with van der Waals surface area (Å²) in [6, 6.07) is 1.49. The van der Waals surface area contributed by atoms with Gasteiger partial charge in [-0.2, -0.15) is 0 Å². The lowest BCUT2D eigenvalue weighted by Crippen LogP contribution is -2.54. The second-order valence-corrected chi connectivity index (χ2v) is 6.76. The molecule has 2 unspecified atom stereocenters. The molecule has 3 saturated carbocycles. The molecule has 3 fully saturated rings. The van der Waals surface area contributed by atoms with Crippen LogP contribution in [0.2, 0.25) is 0 Å². The molecule has 2 heteroatoms. The summed E-state index contributed by atoms with van der Waals surface area (Å²) in [6.45, 7) is 0. The van der Waals surface area contributed by atoms with E-state index in [4.69, 9.17) is 0 Å². The summed E-state index contributed by atoms with van der Waals surface area (Å²) in [6.07, 6.45) is 13.2. The van der Waals surface area contributed by atoms with Crippen LogP contribution in [0.5, 0.6) is 0 Å². The van der Waals surface area contributed by atoms with E-state index < -0.39 is 0 Å². The topological polar surface area (TPSA) is 23.5 Å². The molecule has 0 aromatic rings. The summed E-state index contributed by atoms with van der Waals surface area (Å²) >= 11 is 0. The van der Waals surface area contributed by atoms with Crippen LogP contribution in [0, 0.1) is 5.41 Å². The van der Waals surface area contributed by atoms with Crippen molar-refractivity contribution in [2.75, 3.05) is 7.05 Å². The van der Waals surface area contributed by atoms with Gasteiger partial charge in [-0.25, -0.2) is 0 Å². The Hall–Kier alpha value is -0.0800. The lowest BCUT2D eigenvalue weighted by atomic mass is 9.67. The molecule has 2 atom stereocenters. The van der Waals surface area contributed by atoms with E-state index in [1.54, 1.807) is 0 Å². The highest BCUT2D eigenvalue weighted by Crippen LogP contribution is 2.51. The first-order valence-electron chi connectivity index (χ1n) is 7.61. The minimum atomic E-state index is -0.0336. The molecule has 1 spiro atoms. The van der Waals surface area contributed by atoms with E-state index in [0.29, 0.717) is 11.5 Å². The van der Waals surface area contributed by atoms with Crippen molar-refractivity contribution < 1.29 is 5.11 Å². The maximum Gasteiger partial charge on any atom is 0.0555 e. The van der Waals surface area contributed by atoms with Crippen LogP contribution in [0.3, 0.4) is 0 Å². The molecule has 17 heavy (non-hydrogen) atoms. The summed E-state index contributed by atoms with van der Waals surface area (Å²) in [5.41, 5.74) is 0.573. The van der Waals surface area contributed by atoms with Crippen LogP contribution in [-0.2, 0) is 0 Å². The Morgan fingerprint density at radius 1 is 1.00 bits per heavy atom. The van der Waals surface area contributed by atoms with Gasteiger partial charge in [0.1, 0.15) is 0 Å². The summed E-state index contributed by atoms with van der Waals surface area (Å²) in [7, 11) is 2.33. The van der Waals surface area contributed by atoms with Crippen molar-refractivity contribution in [3.8, 4) is 0 Å². The van der Waals surface area contributed by atoms with Crippen molar-refractivity contribution >= 4 is 0 Å². The number of aliphatic hydroxyl groups excluding tert-OH is 1. The highest BCUT2D eigenvalue weighted by molar-refractivity contribution is 5.01. The zero-order valence-corrected chi connectivity index (χ0v) is 11.2. The van der Waals surface area contributed by atoms with Gasteiger partial charge in [0.15, 0.2) is 0 Å². The van der Waals surface area contributed by atoms with Crippen molar-refractivity contribution in [3.63, 3.8) is 0 Å². The zero-order valence-electron chi connectivity index (χ0n) is 11.2. The molecule has 0 aromatic carbocycles. The maximum atomic E-state index is 10.0. The minimum Gasteiger partial charge on any atom is -0.393 e. The molecule has 98 valence electrons. The van der Waals surface area contributed by atoms with E-state index in [1.165, 1.54) is 51.4 Å². The lowest BCUT2D eigenvalue weighted by molar-refractivity contribution is -0.0443. The molecule has 0 amide bonds. The van der Waals surface area contributed by atoms with E-state index in [-0.39, 0.29) is 6.10 Å². The Morgan fingerprint density at radius 2 is 1.71 bits per heavy atom. The van der Waals surface area contributed by atoms with Crippen LogP contribution in [-0.4, -0.2) is 35.2 Å². The third-order valence-corrected chi connectivity index (χ3v) is 5.92. The Balaban J connectivity index is 1.76. The predicted octanol–water partition coefficient (Wildman–Crippen LogP) is 2.94. The summed E-state index contributed by atoms with van der Waals surface area (Å²) in [5.74, 6) is 0. The molecular weight excluding hydrogens is 210 g/mol. The Morgan fingerprint density at radius 3 is 2.29 bits per heavy atom. The van der Waals surface area contributed by atoms with Gasteiger partial charge in [-0.15, -0.1) is 0 Å². The van der Waals surface area contributed by atoms with Crippen LogP contribution in [0.25, 0.3) is 0 Å². The van der Waals surface area contributed by atoms with Crippen LogP contribution >= 0.6 is 0 Å². The van der Waals surface area contributed by atoms with Crippen molar-refractivity contribution in [1.82, 2.24) is 4.90 Å². The number of aliphatic hydroxyl groups is 1. The molecule has 0 aromatic heterocycles. The molecule has 0 heterocycles. The molecule has 0 saturated heterocycles. The second kappa shape index (κ2) is 4.55. The minimum absolute atomic E-state index is 0.0336. The van der Waals surface area contributed by atoms with Crippen LogP contribution in [0.15, 0.2) is 0 Å². The van der Waals surface area contributed by atoms with E-state index in [2.05, 4.69) is 11.9 Å². The molecule has 0 bridgehead atoms. The fourth-order valence-electron chi connectivity index (χ4n) is 4.56. The average Bonchev–Trinajstić information content (AvgIpc) is 2.69. The largest absolute Gasteiger partial charge is 0.393 e. The lowest BCUT2D eigenvalue weighted by Gasteiger charge is -2.51. The molecule has 1 N–H and O–H groups in total. The Bertz CT molecular complexity index is 268. The first-order chi connectivity index (χ1) is 8.21. The number of rotatable bonds is 2. The van der Waals surface area contributed by atoms with Gasteiger partial charge in [0, 0.05) is 12.1 Å². The molecule has 3 rings (SSSR count). The van der Waals surface area contributed by atoms with E-state index in [0.717, 1.165) is 18.9 Å². The van der Waals surface area contributed by atoms with E-state index >= 15 is 0 Å². The van der Waals surface area contributed by atoms with Crippen LogP contribution in [0.1, 0.15) is 64.2 Å². The van der Waals surface area contributed by atoms with Gasteiger partial charge >= 0.3 is 0 Å². The Labute approximate surface area is 105 Å². The van der Waals surface area contributed by atoms with Gasteiger partial charge in [0.05, 0.1) is 6.10 Å². The van der Waals surface area contributed by atoms with Gasteiger partial charge in [0.2, 0.25) is 0 Å². The van der Waals surface area contributed by atoms with Gasteiger partial charge < -0.3 is 5.11 Å². The molecular formula is C15H27NO. The van der Waals surface area contributed by atoms with Crippen molar-refractivity contribution in [2.45, 2.75) is 82.4 Å². The summed E-state index contributed by atoms with van der Waals surface area (Å²) in [4.78, 5) is 2.65. The standard InChI is InChI=1S/C15H27NO/c1-16(12-5-4-6-12)14-11-13(17)7-10-15(14)8-2-3-9-15/h12-14,17H,2-11H2,1H3. The van der Waals surface area contributed by atoms with Gasteiger partial charge in [-0.1, -0.05) is 19.3 Å². The molecule has 3 aliphatic rings. The third kappa shape index (κ3) is 2.04. The Kier molecular flexibility index (Phi) is 3.20. The highest BCUT2D eigenvalue weighted by atomic mass is 16.3. The number of nitrogens with zero attached hydrogens (tertiary/aromatic N) is 1. The number of hydrogen-bond donors (Lipinski definition) is 1. The molecule has 2 nitrogen and oxygen atoms in total. The molecule has 0 aliphatic heterocycles. The normalized spacial score (nSPS) is 37.6. The summed E-state index contributed by atoms with van der Waals surface area (Å²) in [5, 5.41) is 10.0. The summed E-state index contributed by atoms with van der Waals surface area (Å²) < 4.78 is 0. The van der Waals surface area contributed by atoms with E-state index in [9.17, 15) is 5.11 Å². The third-order valence-electron chi connectivity index (χ3n) is 5.92.